The van der Waals surface area contributed by atoms with Crippen molar-refractivity contribution in [3.8, 4) is 66.8 Å². The number of imidazole rings is 1. The third-order valence-corrected chi connectivity index (χ3v) is 42.0. The number of rotatable bonds is 20. The van der Waals surface area contributed by atoms with E-state index in [1.54, 1.807) is 97.8 Å². The van der Waals surface area contributed by atoms with Gasteiger partial charge in [-0.15, -0.1) is 0 Å². The van der Waals surface area contributed by atoms with E-state index in [9.17, 15) is 22.7 Å². The lowest BCUT2D eigenvalue weighted by Gasteiger charge is -2.36. The molecule has 13 aromatic rings. The summed E-state index contributed by atoms with van der Waals surface area (Å²) in [6.07, 6.45) is 11.8. The Kier molecular flexibility index (Phi) is 34.6. The maximum absolute atomic E-state index is 15.1. The number of halogens is 6. The number of aliphatic hydroxyl groups is 2. The lowest BCUT2D eigenvalue weighted by molar-refractivity contribution is 0.0786. The largest absolute Gasteiger partial charge is 0.413 e. The highest BCUT2D eigenvalue weighted by Gasteiger charge is 2.41. The first kappa shape index (κ1) is 103. The first-order chi connectivity index (χ1) is 59.6. The van der Waals surface area contributed by atoms with Gasteiger partial charge in [0.2, 0.25) is 0 Å². The van der Waals surface area contributed by atoms with Crippen LogP contribution in [0.3, 0.4) is 0 Å². The normalized spacial score (nSPS) is 12.1. The summed E-state index contributed by atoms with van der Waals surface area (Å²) >= 11 is 5.91. The zero-order valence-corrected chi connectivity index (χ0v) is 82.5. The van der Waals surface area contributed by atoms with Gasteiger partial charge in [-0.05, 0) is 247 Å². The molecule has 12 N–H and O–H groups in total. The zero-order valence-electron chi connectivity index (χ0n) is 77.8. The molecule has 128 heavy (non-hydrogen) atoms. The van der Waals surface area contributed by atoms with Gasteiger partial charge in [-0.2, -0.15) is 0 Å². The van der Waals surface area contributed by atoms with E-state index in [1.807, 2.05) is 91.1 Å². The lowest BCUT2D eigenvalue weighted by Crippen LogP contribution is -2.40. The maximum atomic E-state index is 15.1. The van der Waals surface area contributed by atoms with Crippen LogP contribution in [0.25, 0.3) is 72.4 Å². The Morgan fingerprint density at radius 1 is 0.344 bits per heavy atom. The first-order valence-corrected chi connectivity index (χ1v) is 54.2. The number of nitrogens with two attached hydrogens (primary N) is 5. The number of aromatic nitrogens is 7. The molecule has 13 rings (SSSR count). The Labute approximate surface area is 761 Å². The summed E-state index contributed by atoms with van der Waals surface area (Å²) < 4.78 is 99.0. The topological polar surface area (TPSA) is 289 Å². The van der Waals surface area contributed by atoms with Gasteiger partial charge in [-0.1, -0.05) is 161 Å². The van der Waals surface area contributed by atoms with Crippen molar-refractivity contribution in [3.05, 3.63) is 299 Å². The number of pyridine rings is 6. The molecular formula is C100H126ClF5N12O6Si4. The van der Waals surface area contributed by atoms with Crippen LogP contribution in [-0.4, -0.2) is 77.8 Å². The number of fused-ring (bicyclic) bond motifs is 1. The van der Waals surface area contributed by atoms with E-state index in [4.69, 9.17) is 63.1 Å². The average molecular weight is 1830 g/mol. The third kappa shape index (κ3) is 28.4. The summed E-state index contributed by atoms with van der Waals surface area (Å²) in [5.41, 5.74) is 40.8. The molecule has 680 valence electrons. The average Bonchev–Trinajstić information content (AvgIpc) is 1.77. The van der Waals surface area contributed by atoms with E-state index in [0.29, 0.717) is 68.8 Å². The first-order valence-electron chi connectivity index (χ1n) is 42.2. The van der Waals surface area contributed by atoms with E-state index in [-0.39, 0.29) is 69.1 Å². The predicted octanol–water partition coefficient (Wildman–Crippen LogP) is 25.8. The quantitative estimate of drug-likeness (QED) is 0.0276. The molecule has 18 nitrogen and oxygen atoms in total. The van der Waals surface area contributed by atoms with E-state index in [2.05, 4.69) is 190 Å². The minimum Gasteiger partial charge on any atom is -0.413 e. The fourth-order valence-corrected chi connectivity index (χ4v) is 15.5. The van der Waals surface area contributed by atoms with Crippen LogP contribution in [0.15, 0.2) is 231 Å². The minimum atomic E-state index is -2.12. The van der Waals surface area contributed by atoms with Gasteiger partial charge in [-0.3, -0.25) is 0 Å². The maximum Gasteiger partial charge on any atom is 0.192 e. The Morgan fingerprint density at radius 2 is 0.672 bits per heavy atom. The molecule has 7 heterocycles. The summed E-state index contributed by atoms with van der Waals surface area (Å²) in [7, 11) is -7.89. The van der Waals surface area contributed by atoms with Gasteiger partial charge in [0, 0.05) is 105 Å². The number of benzene rings is 6. The summed E-state index contributed by atoms with van der Waals surface area (Å²) in [6.45, 7) is 47.3. The van der Waals surface area contributed by atoms with Crippen LogP contribution in [0.5, 0.6) is 0 Å². The summed E-state index contributed by atoms with van der Waals surface area (Å²) in [6, 6.07) is 55.9. The van der Waals surface area contributed by atoms with Gasteiger partial charge >= 0.3 is 0 Å². The number of hydrogen-bond donors (Lipinski definition) is 7. The van der Waals surface area contributed by atoms with Gasteiger partial charge in [0.1, 0.15) is 69.0 Å². The van der Waals surface area contributed by atoms with Crippen molar-refractivity contribution in [3.63, 3.8) is 0 Å². The van der Waals surface area contributed by atoms with E-state index < -0.39 is 62.1 Å². The highest BCUT2D eigenvalue weighted by Crippen LogP contribution is 2.43. The Hall–Kier alpha value is -10.7. The van der Waals surface area contributed by atoms with Crippen molar-refractivity contribution in [2.24, 2.45) is 0 Å². The second kappa shape index (κ2) is 43.2. The molecule has 7 aromatic heterocycles. The number of nitrogens with zero attached hydrogens (tertiary/aromatic N) is 7. The van der Waals surface area contributed by atoms with Crippen LogP contribution >= 0.6 is 11.6 Å². The molecule has 0 bridgehead atoms. The molecule has 0 spiro atoms. The molecule has 0 aliphatic carbocycles. The van der Waals surface area contributed by atoms with Crippen molar-refractivity contribution in [2.75, 3.05) is 28.7 Å². The fraction of sp³-hybridized carbons (Fsp3) is 0.320. The molecular weight excluding hydrogens is 1710 g/mol. The highest BCUT2D eigenvalue weighted by molar-refractivity contribution is 6.75. The van der Waals surface area contributed by atoms with Gasteiger partial charge in [0.05, 0.1) is 38.6 Å². The standard InChI is InChI=1S/C20H23ClF2N2OSi.C18H24F2N2OSi.C18H25FN2OSi.C18H26N2OSi.C14H16N2O.C12H12N2O/c1-20(2,3)27(4,5)26-12-15-16(22)8-7-14(19(15)23)13-6-9-18-24-17(21)11-25(18)10-13;1-18(2,3)24(4,5)23-11-14-15(19)8-7-13(17(14)20)12-6-9-16(21)22-10-12;1-18(2,3)23(4,5)22-12-15-14(7-6-8-16(15)19)13-9-10-17(20)21-11-13;1-18(2,3)22(4,5)21-13-14-7-6-8-15(11-14)16-9-10-17(19)20-12-16;1-14(2,17)12-5-3-4-10(8-12)11-6-7-13(15)16-9-11;13-12-5-4-11(7-14-12)10-3-1-2-9(6-10)8-15/h6-11H,12H2,1-5H3;6-10H,11H2,1-5H3,(H2,21,22);6-11H,12H2,1-5H3,(H2,20,21);6-12H,13H2,1-5H3,(H2,19,20);3-9,17H,1-2H3,(H2,15,16);1-7,15H,8H2,(H2,13,14). The van der Waals surface area contributed by atoms with Crippen molar-refractivity contribution in [1.29, 1.82) is 0 Å². The number of aliphatic hydroxyl groups excluding tert-OH is 1. The molecule has 6 aromatic carbocycles. The highest BCUT2D eigenvalue weighted by atomic mass is 35.5. The molecule has 0 aliphatic rings. The number of hydrogen-bond acceptors (Lipinski definition) is 17. The fourth-order valence-electron chi connectivity index (χ4n) is 11.5. The summed E-state index contributed by atoms with van der Waals surface area (Å²) in [4.78, 5) is 24.4. The second-order valence-electron chi connectivity index (χ2n) is 38.0. The van der Waals surface area contributed by atoms with Crippen LogP contribution in [0.2, 0.25) is 77.7 Å². The Balaban J connectivity index is 0.000000192. The third-order valence-electron chi connectivity index (χ3n) is 23.9. The minimum absolute atomic E-state index is 0.0293. The molecule has 0 unspecified atom stereocenters. The Morgan fingerprint density at radius 3 is 1.05 bits per heavy atom. The van der Waals surface area contributed by atoms with Gasteiger partial charge < -0.3 is 61.0 Å². The van der Waals surface area contributed by atoms with Crippen LogP contribution < -0.4 is 28.7 Å². The van der Waals surface area contributed by atoms with Crippen LogP contribution in [0, 0.1) is 29.1 Å². The van der Waals surface area contributed by atoms with E-state index in [1.165, 1.54) is 42.1 Å². The van der Waals surface area contributed by atoms with Crippen LogP contribution in [0.1, 0.15) is 130 Å². The molecule has 0 radical (unpaired) electrons. The summed E-state index contributed by atoms with van der Waals surface area (Å²) in [5.74, 6) is -0.296. The van der Waals surface area contributed by atoms with Crippen molar-refractivity contribution >= 4 is 79.6 Å². The SMILES string of the molecule is CC(C)(C)[Si](C)(C)OCc1c(F)ccc(-c2ccc(N)nc2)c1F.CC(C)(C)[Si](C)(C)OCc1c(F)ccc(-c2ccc3nc(Cl)cn3c2)c1F.CC(C)(C)[Si](C)(C)OCc1c(F)cccc1-c1ccc(N)nc1.CC(C)(C)[Si](C)(C)OCc1cccc(-c2ccc(N)nc2)c1.CC(C)(O)c1cccc(-c2ccc(N)nc2)c1.Nc1ccc(-c2cccc(CO)c2)cn1. The van der Waals surface area contributed by atoms with Crippen molar-refractivity contribution in [1.82, 2.24) is 34.3 Å². The molecule has 0 fully saturated rings. The number of anilines is 5. The number of nitrogen functional groups attached to an aromatic ring is 5. The Bertz CT molecular complexity index is 5820. The summed E-state index contributed by atoms with van der Waals surface area (Å²) in [5, 5.41) is 19.6. The van der Waals surface area contributed by atoms with Gasteiger partial charge in [0.25, 0.3) is 0 Å². The van der Waals surface area contributed by atoms with Gasteiger partial charge in [-0.25, -0.2) is 51.9 Å². The zero-order chi connectivity index (χ0) is 94.9. The van der Waals surface area contributed by atoms with E-state index in [0.717, 1.165) is 55.6 Å². The molecule has 0 saturated heterocycles. The molecule has 0 aliphatic heterocycles. The van der Waals surface area contributed by atoms with E-state index >= 15 is 4.39 Å². The van der Waals surface area contributed by atoms with Crippen LogP contribution in [0.4, 0.5) is 51.0 Å². The smallest absolute Gasteiger partial charge is 0.192 e. The molecule has 0 saturated carbocycles. The van der Waals surface area contributed by atoms with Crippen molar-refractivity contribution < 1.29 is 49.9 Å². The monoisotopic (exact) mass is 1830 g/mol. The van der Waals surface area contributed by atoms with Crippen molar-refractivity contribution in [2.45, 2.75) is 208 Å². The lowest BCUT2D eigenvalue weighted by atomic mass is 9.95. The molecule has 0 atom stereocenters. The second-order valence-corrected chi connectivity index (χ2v) is 57.7. The van der Waals surface area contributed by atoms with Gasteiger partial charge in [0.15, 0.2) is 33.3 Å². The molecule has 0 amide bonds. The molecule has 28 heteroatoms. The predicted molar refractivity (Wildman–Crippen MR) is 525 cm³/mol. The van der Waals surface area contributed by atoms with Crippen LogP contribution in [-0.2, 0) is 56.3 Å².